The summed E-state index contributed by atoms with van der Waals surface area (Å²) in [5.74, 6) is 0. The van der Waals surface area contributed by atoms with Crippen LogP contribution >= 0.6 is 11.6 Å². The molecule has 1 aliphatic heterocycles. The van der Waals surface area contributed by atoms with Crippen LogP contribution in [-0.2, 0) is 14.8 Å². The van der Waals surface area contributed by atoms with Crippen molar-refractivity contribution in [3.8, 4) is 0 Å². The minimum Gasteiger partial charge on any atom is -0.398 e. The first-order valence-corrected chi connectivity index (χ1v) is 7.99. The number of anilines is 1. The fraction of sp³-hybridized carbons (Fsp3) is 0.385. The molecule has 0 aliphatic carbocycles. The fourth-order valence-corrected chi connectivity index (χ4v) is 3.78. The maximum atomic E-state index is 12.5. The third-order valence-corrected chi connectivity index (χ3v) is 5.36. The maximum absolute atomic E-state index is 12.5. The number of ether oxygens (including phenoxy) is 1. The molecule has 0 spiro atoms. The number of methoxy groups -OCH3 is 1. The van der Waals surface area contributed by atoms with Crippen LogP contribution in [-0.4, -0.2) is 39.5 Å². The molecule has 20 heavy (non-hydrogen) atoms. The Morgan fingerprint density at radius 3 is 2.75 bits per heavy atom. The lowest BCUT2D eigenvalue weighted by Gasteiger charge is -2.26. The first kappa shape index (κ1) is 15.3. The van der Waals surface area contributed by atoms with E-state index in [1.165, 1.54) is 22.5 Å². The first-order chi connectivity index (χ1) is 9.45. The van der Waals surface area contributed by atoms with E-state index in [0.717, 1.165) is 5.57 Å². The van der Waals surface area contributed by atoms with Gasteiger partial charge in [-0.1, -0.05) is 17.7 Å². The average molecular weight is 317 g/mol. The van der Waals surface area contributed by atoms with Gasteiger partial charge in [-0.15, -0.1) is 0 Å². The van der Waals surface area contributed by atoms with Crippen LogP contribution in [0.4, 0.5) is 5.69 Å². The van der Waals surface area contributed by atoms with Crippen LogP contribution in [0.3, 0.4) is 0 Å². The molecule has 1 heterocycles. The van der Waals surface area contributed by atoms with Crippen molar-refractivity contribution in [2.75, 3.05) is 32.5 Å². The average Bonchev–Trinajstić information content (AvgIpc) is 2.39. The van der Waals surface area contributed by atoms with Crippen LogP contribution in [0.25, 0.3) is 0 Å². The third-order valence-electron chi connectivity index (χ3n) is 3.19. The molecule has 1 aromatic carbocycles. The molecule has 1 aliphatic rings. The second kappa shape index (κ2) is 6.13. The van der Waals surface area contributed by atoms with Crippen molar-refractivity contribution in [1.29, 1.82) is 0 Å². The van der Waals surface area contributed by atoms with Gasteiger partial charge in [0.25, 0.3) is 0 Å². The molecule has 0 atom stereocenters. The second-order valence-corrected chi connectivity index (χ2v) is 6.93. The van der Waals surface area contributed by atoms with E-state index in [0.29, 0.717) is 31.1 Å². The molecule has 0 saturated heterocycles. The van der Waals surface area contributed by atoms with Gasteiger partial charge < -0.3 is 10.5 Å². The Kier molecular flexibility index (Phi) is 4.70. The van der Waals surface area contributed by atoms with E-state index < -0.39 is 10.0 Å². The molecule has 7 heteroatoms. The van der Waals surface area contributed by atoms with Gasteiger partial charge in [0.1, 0.15) is 4.90 Å². The number of nitrogens with zero attached hydrogens (tertiary/aromatic N) is 1. The fourth-order valence-electron chi connectivity index (χ4n) is 2.12. The Morgan fingerprint density at radius 1 is 1.45 bits per heavy atom. The molecule has 0 radical (unpaired) electrons. The standard InChI is InChI=1S/C13H17ClN2O3S/c1-19-9-10-4-6-16(7-5-10)20(17,18)13-3-2-11(14)8-12(13)15/h2-4,8H,5-7,9,15H2,1H3. The molecular weight excluding hydrogens is 300 g/mol. The zero-order valence-electron chi connectivity index (χ0n) is 11.2. The predicted molar refractivity (Wildman–Crippen MR) is 79.2 cm³/mol. The van der Waals surface area contributed by atoms with Crippen LogP contribution in [0.2, 0.25) is 5.02 Å². The number of benzene rings is 1. The number of sulfonamides is 1. The minimum atomic E-state index is -3.58. The van der Waals surface area contributed by atoms with Crippen molar-refractivity contribution in [1.82, 2.24) is 4.31 Å². The summed E-state index contributed by atoms with van der Waals surface area (Å²) in [5.41, 5.74) is 7.05. The Balaban J connectivity index is 2.24. The highest BCUT2D eigenvalue weighted by Crippen LogP contribution is 2.27. The lowest BCUT2D eigenvalue weighted by atomic mass is 10.1. The second-order valence-electron chi connectivity index (χ2n) is 4.59. The number of nitrogen functional groups attached to an aromatic ring is 1. The summed E-state index contributed by atoms with van der Waals surface area (Å²) < 4.78 is 31.5. The van der Waals surface area contributed by atoms with Gasteiger partial charge in [0, 0.05) is 25.2 Å². The molecule has 0 bridgehead atoms. The van der Waals surface area contributed by atoms with Gasteiger partial charge in [0.15, 0.2) is 0 Å². The number of rotatable bonds is 4. The number of hydrogen-bond donors (Lipinski definition) is 1. The normalized spacial score (nSPS) is 17.0. The van der Waals surface area contributed by atoms with Crippen molar-refractivity contribution in [2.24, 2.45) is 0 Å². The Labute approximate surface area is 124 Å². The molecule has 5 nitrogen and oxygen atoms in total. The quantitative estimate of drug-likeness (QED) is 0.680. The smallest absolute Gasteiger partial charge is 0.245 e. The van der Waals surface area contributed by atoms with Gasteiger partial charge in [-0.25, -0.2) is 8.42 Å². The lowest BCUT2D eigenvalue weighted by molar-refractivity contribution is 0.219. The Hall–Kier alpha value is -1.08. The number of halogens is 1. The summed E-state index contributed by atoms with van der Waals surface area (Å²) in [6, 6.07) is 4.42. The van der Waals surface area contributed by atoms with Gasteiger partial charge >= 0.3 is 0 Å². The molecule has 2 rings (SSSR count). The molecular formula is C13H17ClN2O3S. The summed E-state index contributed by atoms with van der Waals surface area (Å²) in [4.78, 5) is 0.102. The molecule has 0 amide bonds. The van der Waals surface area contributed by atoms with Crippen molar-refractivity contribution in [3.05, 3.63) is 34.9 Å². The highest BCUT2D eigenvalue weighted by molar-refractivity contribution is 7.89. The van der Waals surface area contributed by atoms with E-state index in [2.05, 4.69) is 0 Å². The van der Waals surface area contributed by atoms with Gasteiger partial charge in [0.2, 0.25) is 10.0 Å². The van der Waals surface area contributed by atoms with Crippen LogP contribution in [0.5, 0.6) is 0 Å². The summed E-state index contributed by atoms with van der Waals surface area (Å²) in [6.07, 6.45) is 2.55. The summed E-state index contributed by atoms with van der Waals surface area (Å²) in [5, 5.41) is 0.419. The monoisotopic (exact) mass is 316 g/mol. The summed E-state index contributed by atoms with van der Waals surface area (Å²) in [7, 11) is -1.96. The number of hydrogen-bond acceptors (Lipinski definition) is 4. The van der Waals surface area contributed by atoms with Gasteiger partial charge in [-0.2, -0.15) is 4.31 Å². The highest BCUT2D eigenvalue weighted by atomic mass is 35.5. The van der Waals surface area contributed by atoms with E-state index in [1.54, 1.807) is 7.11 Å². The van der Waals surface area contributed by atoms with Crippen LogP contribution in [0.1, 0.15) is 6.42 Å². The first-order valence-electron chi connectivity index (χ1n) is 6.17. The molecule has 0 unspecified atom stereocenters. The van der Waals surface area contributed by atoms with E-state index >= 15 is 0 Å². The summed E-state index contributed by atoms with van der Waals surface area (Å²) in [6.45, 7) is 1.31. The molecule has 0 aromatic heterocycles. The van der Waals surface area contributed by atoms with Gasteiger partial charge in [0.05, 0.1) is 12.3 Å². The Bertz CT molecular complexity index is 629. The predicted octanol–water partition coefficient (Wildman–Crippen LogP) is 1.89. The minimum absolute atomic E-state index is 0.102. The van der Waals surface area contributed by atoms with E-state index in [-0.39, 0.29) is 10.6 Å². The van der Waals surface area contributed by atoms with E-state index in [1.807, 2.05) is 6.08 Å². The van der Waals surface area contributed by atoms with Crippen LogP contribution in [0, 0.1) is 0 Å². The van der Waals surface area contributed by atoms with Crippen LogP contribution in [0.15, 0.2) is 34.7 Å². The highest BCUT2D eigenvalue weighted by Gasteiger charge is 2.27. The van der Waals surface area contributed by atoms with Crippen molar-refractivity contribution >= 4 is 27.3 Å². The molecule has 0 fully saturated rings. The van der Waals surface area contributed by atoms with Gasteiger partial charge in [-0.3, -0.25) is 0 Å². The zero-order chi connectivity index (χ0) is 14.8. The SMILES string of the molecule is COCC1=CCN(S(=O)(=O)c2ccc(Cl)cc2N)CC1. The molecule has 0 saturated carbocycles. The Morgan fingerprint density at radius 2 is 2.20 bits per heavy atom. The topological polar surface area (TPSA) is 72.6 Å². The number of nitrogens with two attached hydrogens (primary N) is 1. The van der Waals surface area contributed by atoms with E-state index in [9.17, 15) is 8.42 Å². The van der Waals surface area contributed by atoms with E-state index in [4.69, 9.17) is 22.1 Å². The molecule has 2 N–H and O–H groups in total. The van der Waals surface area contributed by atoms with Gasteiger partial charge in [-0.05, 0) is 30.2 Å². The van der Waals surface area contributed by atoms with Crippen LogP contribution < -0.4 is 5.73 Å². The third kappa shape index (κ3) is 3.15. The largest absolute Gasteiger partial charge is 0.398 e. The zero-order valence-corrected chi connectivity index (χ0v) is 12.7. The lowest BCUT2D eigenvalue weighted by Crippen LogP contribution is -2.35. The maximum Gasteiger partial charge on any atom is 0.245 e. The molecule has 1 aromatic rings. The summed E-state index contributed by atoms with van der Waals surface area (Å²) >= 11 is 5.79. The van der Waals surface area contributed by atoms with Crippen molar-refractivity contribution in [2.45, 2.75) is 11.3 Å². The van der Waals surface area contributed by atoms with Crippen molar-refractivity contribution < 1.29 is 13.2 Å². The molecule has 110 valence electrons. The van der Waals surface area contributed by atoms with Crippen molar-refractivity contribution in [3.63, 3.8) is 0 Å².